The molecule has 0 unspecified atom stereocenters. The van der Waals surface area contributed by atoms with E-state index in [9.17, 15) is 13.2 Å². The van der Waals surface area contributed by atoms with Gasteiger partial charge in [0.25, 0.3) is 15.9 Å². The molecule has 1 amide bonds. The molecule has 1 N–H and O–H groups in total. The van der Waals surface area contributed by atoms with Crippen molar-refractivity contribution in [3.63, 3.8) is 0 Å². The molecule has 0 aliphatic rings. The number of rotatable bonds is 9. The topological polar surface area (TPSA) is 84.9 Å². The molecule has 0 heterocycles. The molecule has 0 aliphatic heterocycles. The molecule has 0 aromatic heterocycles. The van der Waals surface area contributed by atoms with Crippen LogP contribution in [-0.4, -0.2) is 40.0 Å². The summed E-state index contributed by atoms with van der Waals surface area (Å²) in [6, 6.07) is 20.0. The van der Waals surface area contributed by atoms with Crippen LogP contribution in [0.5, 0.6) is 11.5 Å². The van der Waals surface area contributed by atoms with Crippen molar-refractivity contribution in [2.75, 3.05) is 25.5 Å². The fourth-order valence-electron chi connectivity index (χ4n) is 3.11. The Morgan fingerprint density at radius 1 is 0.844 bits per heavy atom. The Kier molecular flexibility index (Phi) is 7.37. The Hall–Kier alpha value is -3.52. The van der Waals surface area contributed by atoms with Crippen LogP contribution >= 0.6 is 0 Å². The summed E-state index contributed by atoms with van der Waals surface area (Å²) in [5, 5.41) is 0. The zero-order chi connectivity index (χ0) is 23.1. The van der Waals surface area contributed by atoms with Crippen LogP contribution in [0.2, 0.25) is 0 Å². The maximum Gasteiger partial charge on any atom is 0.261 e. The van der Waals surface area contributed by atoms with E-state index in [0.29, 0.717) is 30.1 Å². The Balaban J connectivity index is 1.71. The van der Waals surface area contributed by atoms with E-state index in [1.807, 2.05) is 31.2 Å². The van der Waals surface area contributed by atoms with Crippen LogP contribution in [0.15, 0.2) is 77.7 Å². The van der Waals surface area contributed by atoms with E-state index in [4.69, 9.17) is 9.47 Å². The molecule has 7 nitrogen and oxygen atoms in total. The average molecular weight is 455 g/mol. The predicted octanol–water partition coefficient (Wildman–Crippen LogP) is 4.17. The summed E-state index contributed by atoms with van der Waals surface area (Å²) >= 11 is 0. The number of amides is 1. The van der Waals surface area contributed by atoms with Crippen LogP contribution in [-0.2, 0) is 16.6 Å². The van der Waals surface area contributed by atoms with Gasteiger partial charge in [0.2, 0.25) is 0 Å². The Morgan fingerprint density at radius 2 is 1.38 bits per heavy atom. The zero-order valence-corrected chi connectivity index (χ0v) is 19.1. The smallest absolute Gasteiger partial charge is 0.261 e. The van der Waals surface area contributed by atoms with Crippen molar-refractivity contribution < 1.29 is 22.7 Å². The van der Waals surface area contributed by atoms with Crippen LogP contribution in [0.3, 0.4) is 0 Å². The van der Waals surface area contributed by atoms with E-state index < -0.39 is 10.0 Å². The molecule has 3 aromatic carbocycles. The maximum atomic E-state index is 12.9. The average Bonchev–Trinajstić information content (AvgIpc) is 2.83. The summed E-state index contributed by atoms with van der Waals surface area (Å²) in [6.45, 7) is 2.86. The largest absolute Gasteiger partial charge is 0.497 e. The minimum atomic E-state index is -3.78. The SMILES string of the molecule is CCN(Cc1ccc(OC)cc1)C(=O)c1ccc(S(=O)(=O)Nc2ccc(OC)cc2)cc1. The third-order valence-electron chi connectivity index (χ3n) is 4.96. The van der Waals surface area contributed by atoms with Gasteiger partial charge >= 0.3 is 0 Å². The summed E-state index contributed by atoms with van der Waals surface area (Å²) in [7, 11) is -0.639. The molecule has 0 saturated heterocycles. The second-order valence-corrected chi connectivity index (χ2v) is 8.71. The molecule has 0 spiro atoms. The van der Waals surface area contributed by atoms with Gasteiger partial charge < -0.3 is 14.4 Å². The quantitative estimate of drug-likeness (QED) is 0.525. The van der Waals surface area contributed by atoms with E-state index in [1.54, 1.807) is 43.4 Å². The molecule has 0 radical (unpaired) electrons. The summed E-state index contributed by atoms with van der Waals surface area (Å²) in [6.07, 6.45) is 0. The Bertz CT molecular complexity index is 1140. The highest BCUT2D eigenvalue weighted by atomic mass is 32.2. The number of benzene rings is 3. The Labute approximate surface area is 188 Å². The molecule has 0 aliphatic carbocycles. The normalized spacial score (nSPS) is 11.0. The van der Waals surface area contributed by atoms with Gasteiger partial charge in [0.05, 0.1) is 19.1 Å². The van der Waals surface area contributed by atoms with Crippen LogP contribution in [0.25, 0.3) is 0 Å². The van der Waals surface area contributed by atoms with Gasteiger partial charge in [-0.1, -0.05) is 12.1 Å². The molecule has 0 saturated carbocycles. The van der Waals surface area contributed by atoms with Crippen LogP contribution in [0.4, 0.5) is 5.69 Å². The fourth-order valence-corrected chi connectivity index (χ4v) is 4.17. The van der Waals surface area contributed by atoms with Gasteiger partial charge in [0.1, 0.15) is 11.5 Å². The van der Waals surface area contributed by atoms with Crippen molar-refractivity contribution in [2.24, 2.45) is 0 Å². The number of nitrogens with one attached hydrogen (secondary N) is 1. The highest BCUT2D eigenvalue weighted by Crippen LogP contribution is 2.20. The first kappa shape index (κ1) is 23.1. The summed E-state index contributed by atoms with van der Waals surface area (Å²) in [5.41, 5.74) is 1.82. The van der Waals surface area contributed by atoms with Crippen molar-refractivity contribution >= 4 is 21.6 Å². The first-order valence-corrected chi connectivity index (χ1v) is 11.5. The second-order valence-electron chi connectivity index (χ2n) is 7.03. The molecule has 0 fully saturated rings. The maximum absolute atomic E-state index is 12.9. The molecule has 168 valence electrons. The fraction of sp³-hybridized carbons (Fsp3) is 0.208. The highest BCUT2D eigenvalue weighted by Gasteiger charge is 2.18. The molecule has 0 bridgehead atoms. The number of sulfonamides is 1. The van der Waals surface area contributed by atoms with Gasteiger partial charge in [-0.3, -0.25) is 9.52 Å². The van der Waals surface area contributed by atoms with Gasteiger partial charge in [0.15, 0.2) is 0 Å². The zero-order valence-electron chi connectivity index (χ0n) is 18.2. The third-order valence-corrected chi connectivity index (χ3v) is 6.35. The molecule has 8 heteroatoms. The standard InChI is InChI=1S/C24H26N2O5S/c1-4-26(17-18-5-11-21(30-2)12-6-18)24(27)19-7-15-23(16-8-19)32(28,29)25-20-9-13-22(31-3)14-10-20/h5-16,25H,4,17H2,1-3H3. The van der Waals surface area contributed by atoms with E-state index in [1.165, 1.54) is 24.3 Å². The molecular formula is C24H26N2O5S. The first-order valence-electron chi connectivity index (χ1n) is 10.1. The van der Waals surface area contributed by atoms with Crippen LogP contribution in [0.1, 0.15) is 22.8 Å². The number of hydrogen-bond acceptors (Lipinski definition) is 5. The number of anilines is 1. The minimum absolute atomic E-state index is 0.0723. The minimum Gasteiger partial charge on any atom is -0.497 e. The number of carbonyl (C=O) groups is 1. The van der Waals surface area contributed by atoms with Gasteiger partial charge in [0, 0.05) is 24.3 Å². The molecule has 3 rings (SSSR count). The van der Waals surface area contributed by atoms with Crippen molar-refractivity contribution in [1.82, 2.24) is 4.90 Å². The number of methoxy groups -OCH3 is 2. The monoisotopic (exact) mass is 454 g/mol. The molecular weight excluding hydrogens is 428 g/mol. The number of nitrogens with zero attached hydrogens (tertiary/aromatic N) is 1. The van der Waals surface area contributed by atoms with Crippen molar-refractivity contribution in [3.8, 4) is 11.5 Å². The van der Waals surface area contributed by atoms with E-state index in [2.05, 4.69) is 4.72 Å². The van der Waals surface area contributed by atoms with Crippen molar-refractivity contribution in [3.05, 3.63) is 83.9 Å². The lowest BCUT2D eigenvalue weighted by Crippen LogP contribution is -2.30. The lowest BCUT2D eigenvalue weighted by atomic mass is 10.1. The lowest BCUT2D eigenvalue weighted by Gasteiger charge is -2.21. The van der Waals surface area contributed by atoms with E-state index in [-0.39, 0.29) is 10.8 Å². The van der Waals surface area contributed by atoms with E-state index >= 15 is 0 Å². The van der Waals surface area contributed by atoms with Gasteiger partial charge in [-0.05, 0) is 73.2 Å². The summed E-state index contributed by atoms with van der Waals surface area (Å²) in [4.78, 5) is 14.7. The second kappa shape index (κ2) is 10.2. The number of ether oxygens (including phenoxy) is 2. The molecule has 32 heavy (non-hydrogen) atoms. The number of hydrogen-bond donors (Lipinski definition) is 1. The Morgan fingerprint density at radius 3 is 1.88 bits per heavy atom. The van der Waals surface area contributed by atoms with Crippen LogP contribution in [0, 0.1) is 0 Å². The lowest BCUT2D eigenvalue weighted by molar-refractivity contribution is 0.0752. The van der Waals surface area contributed by atoms with Crippen molar-refractivity contribution in [1.29, 1.82) is 0 Å². The number of carbonyl (C=O) groups excluding carboxylic acids is 1. The summed E-state index contributed by atoms with van der Waals surface area (Å²) < 4.78 is 38.1. The van der Waals surface area contributed by atoms with E-state index in [0.717, 1.165) is 11.3 Å². The van der Waals surface area contributed by atoms with Crippen LogP contribution < -0.4 is 14.2 Å². The molecule has 3 aromatic rings. The van der Waals surface area contributed by atoms with Crippen molar-refractivity contribution in [2.45, 2.75) is 18.4 Å². The predicted molar refractivity (Wildman–Crippen MR) is 124 cm³/mol. The third kappa shape index (κ3) is 5.59. The van der Waals surface area contributed by atoms with Gasteiger partial charge in [-0.25, -0.2) is 8.42 Å². The first-order chi connectivity index (χ1) is 15.4. The van der Waals surface area contributed by atoms with Gasteiger partial charge in [-0.15, -0.1) is 0 Å². The summed E-state index contributed by atoms with van der Waals surface area (Å²) in [5.74, 6) is 1.21. The highest BCUT2D eigenvalue weighted by molar-refractivity contribution is 7.92. The molecule has 0 atom stereocenters. The van der Waals surface area contributed by atoms with Gasteiger partial charge in [-0.2, -0.15) is 0 Å².